The summed E-state index contributed by atoms with van der Waals surface area (Å²) in [5.74, 6) is 0. The zero-order chi connectivity index (χ0) is 15.1. The van der Waals surface area contributed by atoms with Gasteiger partial charge in [-0.3, -0.25) is 10.1 Å². The van der Waals surface area contributed by atoms with Gasteiger partial charge in [0.2, 0.25) is 0 Å². The predicted octanol–water partition coefficient (Wildman–Crippen LogP) is 3.66. The van der Waals surface area contributed by atoms with Crippen molar-refractivity contribution in [2.24, 2.45) is 0 Å². The Kier molecular flexibility index (Phi) is 3.50. The topological polar surface area (TPSA) is 64.4 Å². The summed E-state index contributed by atoms with van der Waals surface area (Å²) in [7, 11) is 0. The van der Waals surface area contributed by atoms with Crippen LogP contribution in [0.15, 0.2) is 18.2 Å². The zero-order valence-corrected chi connectivity index (χ0v) is 12.7. The molecule has 1 N–H and O–H groups in total. The van der Waals surface area contributed by atoms with Crippen LogP contribution in [0, 0.1) is 17.0 Å². The van der Waals surface area contributed by atoms with Gasteiger partial charge >= 0.3 is 0 Å². The highest BCUT2D eigenvalue weighted by molar-refractivity contribution is 5.63. The van der Waals surface area contributed by atoms with E-state index in [0.717, 1.165) is 12.0 Å². The largest absolute Gasteiger partial charge is 0.374 e. The van der Waals surface area contributed by atoms with Crippen LogP contribution in [0.2, 0.25) is 0 Å². The molecule has 0 amide bonds. The van der Waals surface area contributed by atoms with E-state index in [-0.39, 0.29) is 27.9 Å². The quantitative estimate of drug-likeness (QED) is 0.677. The summed E-state index contributed by atoms with van der Waals surface area (Å²) in [5.41, 5.74) is 1.08. The Morgan fingerprint density at radius 2 is 2.00 bits per heavy atom. The molecule has 5 heteroatoms. The molecule has 110 valence electrons. The second-order valence-corrected chi connectivity index (χ2v) is 6.64. The number of ether oxygens (including phenoxy) is 1. The van der Waals surface area contributed by atoms with Crippen molar-refractivity contribution in [1.82, 2.24) is 0 Å². The van der Waals surface area contributed by atoms with E-state index in [2.05, 4.69) is 5.32 Å². The highest BCUT2D eigenvalue weighted by atomic mass is 16.6. The fourth-order valence-electron chi connectivity index (χ4n) is 2.90. The van der Waals surface area contributed by atoms with E-state index in [1.165, 1.54) is 0 Å². The summed E-state index contributed by atoms with van der Waals surface area (Å²) in [4.78, 5) is 10.8. The van der Waals surface area contributed by atoms with Crippen molar-refractivity contribution in [3.05, 3.63) is 33.9 Å². The molecule has 0 aromatic heterocycles. The molecule has 1 aromatic carbocycles. The van der Waals surface area contributed by atoms with E-state index in [9.17, 15) is 10.1 Å². The van der Waals surface area contributed by atoms with E-state index < -0.39 is 0 Å². The third-order valence-corrected chi connectivity index (χ3v) is 3.75. The first-order chi connectivity index (χ1) is 9.11. The third kappa shape index (κ3) is 2.93. The summed E-state index contributed by atoms with van der Waals surface area (Å²) >= 11 is 0. The number of hydrogen-bond acceptors (Lipinski definition) is 4. The maximum atomic E-state index is 11.1. The average Bonchev–Trinajstić information content (AvgIpc) is 2.46. The first kappa shape index (κ1) is 14.8. The molecule has 0 saturated carbocycles. The summed E-state index contributed by atoms with van der Waals surface area (Å²) < 4.78 is 6.02. The van der Waals surface area contributed by atoms with Crippen molar-refractivity contribution in [2.75, 3.05) is 5.32 Å². The van der Waals surface area contributed by atoms with Gasteiger partial charge in [0, 0.05) is 6.07 Å². The molecule has 0 bridgehead atoms. The van der Waals surface area contributed by atoms with E-state index >= 15 is 0 Å². The molecular formula is C15H22N2O3. The number of nitro groups is 1. The lowest BCUT2D eigenvalue weighted by Crippen LogP contribution is -2.38. The number of nitro benzene ring substituents is 1. The van der Waals surface area contributed by atoms with Gasteiger partial charge in [-0.2, -0.15) is 0 Å². The van der Waals surface area contributed by atoms with Gasteiger partial charge in [-0.15, -0.1) is 0 Å². The molecule has 20 heavy (non-hydrogen) atoms. The Balaban J connectivity index is 2.30. The molecule has 5 nitrogen and oxygen atoms in total. The van der Waals surface area contributed by atoms with Crippen molar-refractivity contribution in [3.63, 3.8) is 0 Å². The monoisotopic (exact) mass is 278 g/mol. The van der Waals surface area contributed by atoms with Crippen LogP contribution in [0.25, 0.3) is 0 Å². The van der Waals surface area contributed by atoms with Crippen molar-refractivity contribution in [3.8, 4) is 0 Å². The minimum absolute atomic E-state index is 0.0398. The Hall–Kier alpha value is -1.62. The Morgan fingerprint density at radius 3 is 2.50 bits per heavy atom. The minimum Gasteiger partial charge on any atom is -0.374 e. The number of hydrogen-bond donors (Lipinski definition) is 1. The van der Waals surface area contributed by atoms with Crippen LogP contribution in [0.1, 0.15) is 39.7 Å². The third-order valence-electron chi connectivity index (χ3n) is 3.75. The van der Waals surface area contributed by atoms with Gasteiger partial charge in [-0.05, 0) is 52.7 Å². The first-order valence-electron chi connectivity index (χ1n) is 6.82. The predicted molar refractivity (Wildman–Crippen MR) is 79.1 cm³/mol. The van der Waals surface area contributed by atoms with E-state index in [0.29, 0.717) is 5.69 Å². The second-order valence-electron chi connectivity index (χ2n) is 6.64. The molecule has 1 aliphatic rings. The molecule has 0 aliphatic carbocycles. The SMILES string of the molecule is Cc1ccc([N+](=O)[O-])c(NC2CC(C)(C)OC2(C)C)c1. The molecule has 1 fully saturated rings. The first-order valence-corrected chi connectivity index (χ1v) is 6.82. The highest BCUT2D eigenvalue weighted by Gasteiger charge is 2.46. The van der Waals surface area contributed by atoms with Crippen LogP contribution in [-0.4, -0.2) is 22.2 Å². The van der Waals surface area contributed by atoms with Crippen molar-refractivity contribution in [1.29, 1.82) is 0 Å². The highest BCUT2D eigenvalue weighted by Crippen LogP contribution is 2.40. The number of anilines is 1. The van der Waals surface area contributed by atoms with Crippen molar-refractivity contribution in [2.45, 2.75) is 58.3 Å². The molecular weight excluding hydrogens is 256 g/mol. The van der Waals surface area contributed by atoms with Gasteiger partial charge in [0.05, 0.1) is 22.2 Å². The number of nitrogens with one attached hydrogen (secondary N) is 1. The smallest absolute Gasteiger partial charge is 0.292 e. The standard InChI is InChI=1S/C15H22N2O3/c1-10-6-7-12(17(18)19)11(8-10)16-13-9-14(2,3)20-15(13,4)5/h6-8,13,16H,9H2,1-5H3. The van der Waals surface area contributed by atoms with Crippen molar-refractivity contribution < 1.29 is 9.66 Å². The van der Waals surface area contributed by atoms with Crippen LogP contribution in [0.5, 0.6) is 0 Å². The van der Waals surface area contributed by atoms with E-state index in [1.807, 2.05) is 40.7 Å². The maximum Gasteiger partial charge on any atom is 0.292 e. The van der Waals surface area contributed by atoms with Gasteiger partial charge < -0.3 is 10.1 Å². The molecule has 1 unspecified atom stereocenters. The number of nitrogens with zero attached hydrogens (tertiary/aromatic N) is 1. The van der Waals surface area contributed by atoms with Crippen LogP contribution >= 0.6 is 0 Å². The Labute approximate surface area is 119 Å². The molecule has 1 heterocycles. The summed E-state index contributed by atoms with van der Waals surface area (Å²) in [6.45, 7) is 10.0. The van der Waals surface area contributed by atoms with Crippen molar-refractivity contribution >= 4 is 11.4 Å². The van der Waals surface area contributed by atoms with Gasteiger partial charge in [0.25, 0.3) is 5.69 Å². The molecule has 0 radical (unpaired) electrons. The molecule has 0 spiro atoms. The van der Waals surface area contributed by atoms with Gasteiger partial charge in [0.1, 0.15) is 5.69 Å². The van der Waals surface area contributed by atoms with Crippen LogP contribution < -0.4 is 5.32 Å². The maximum absolute atomic E-state index is 11.1. The summed E-state index contributed by atoms with van der Waals surface area (Å²) in [5, 5.41) is 14.4. The average molecular weight is 278 g/mol. The van der Waals surface area contributed by atoms with E-state index in [1.54, 1.807) is 12.1 Å². The number of benzene rings is 1. The van der Waals surface area contributed by atoms with Gasteiger partial charge in [-0.25, -0.2) is 0 Å². The van der Waals surface area contributed by atoms with Crippen LogP contribution in [0.4, 0.5) is 11.4 Å². The molecule has 1 aliphatic heterocycles. The molecule has 1 atom stereocenters. The Morgan fingerprint density at radius 1 is 1.35 bits per heavy atom. The van der Waals surface area contributed by atoms with Crippen LogP contribution in [-0.2, 0) is 4.74 Å². The molecule has 2 rings (SSSR count). The molecule has 1 aromatic rings. The second kappa shape index (κ2) is 4.74. The summed E-state index contributed by atoms with van der Waals surface area (Å²) in [6, 6.07) is 5.16. The van der Waals surface area contributed by atoms with Gasteiger partial charge in [-0.1, -0.05) is 6.07 Å². The minimum atomic E-state index is -0.360. The number of aryl methyl sites for hydroxylation is 1. The van der Waals surface area contributed by atoms with E-state index in [4.69, 9.17) is 4.74 Å². The summed E-state index contributed by atoms with van der Waals surface area (Å²) in [6.07, 6.45) is 0.811. The van der Waals surface area contributed by atoms with Gasteiger partial charge in [0.15, 0.2) is 0 Å². The lowest BCUT2D eigenvalue weighted by molar-refractivity contribution is -0.384. The fourth-order valence-corrected chi connectivity index (χ4v) is 2.90. The lowest BCUT2D eigenvalue weighted by atomic mass is 9.94. The number of rotatable bonds is 3. The lowest BCUT2D eigenvalue weighted by Gasteiger charge is -2.28. The fraction of sp³-hybridized carbons (Fsp3) is 0.600. The Bertz CT molecular complexity index is 538. The normalized spacial score (nSPS) is 23.6. The zero-order valence-electron chi connectivity index (χ0n) is 12.7. The molecule has 1 saturated heterocycles. The van der Waals surface area contributed by atoms with Crippen LogP contribution in [0.3, 0.4) is 0 Å².